The molecule has 26 heavy (non-hydrogen) atoms. The molecule has 2 aliphatic heterocycles. The molecule has 5 nitrogen and oxygen atoms in total. The second-order valence-electron chi connectivity index (χ2n) is 7.36. The molecule has 5 heteroatoms. The van der Waals surface area contributed by atoms with E-state index in [-0.39, 0.29) is 5.91 Å². The number of carbonyl (C=O) groups excluding carboxylic acids is 1. The van der Waals surface area contributed by atoms with Crippen LogP contribution in [0.3, 0.4) is 0 Å². The van der Waals surface area contributed by atoms with Crippen molar-refractivity contribution in [1.82, 2.24) is 14.8 Å². The Morgan fingerprint density at radius 3 is 2.73 bits per heavy atom. The highest BCUT2D eigenvalue weighted by molar-refractivity contribution is 5.96. The molecule has 3 heterocycles. The van der Waals surface area contributed by atoms with E-state index in [1.165, 1.54) is 11.1 Å². The molecule has 4 rings (SSSR count). The van der Waals surface area contributed by atoms with Gasteiger partial charge in [0.15, 0.2) is 0 Å². The van der Waals surface area contributed by atoms with Crippen molar-refractivity contribution < 1.29 is 9.90 Å². The van der Waals surface area contributed by atoms with Crippen LogP contribution in [0.1, 0.15) is 32.9 Å². The quantitative estimate of drug-likeness (QED) is 0.913. The maximum Gasteiger partial charge on any atom is 0.255 e. The molecule has 1 N–H and O–H groups in total. The number of hydrogen-bond donors (Lipinski definition) is 1. The number of hydrogen-bond acceptors (Lipinski definition) is 4. The smallest absolute Gasteiger partial charge is 0.255 e. The molecule has 0 unspecified atom stereocenters. The van der Waals surface area contributed by atoms with Gasteiger partial charge in [0, 0.05) is 44.8 Å². The van der Waals surface area contributed by atoms with E-state index in [0.717, 1.165) is 37.3 Å². The van der Waals surface area contributed by atoms with E-state index in [9.17, 15) is 9.90 Å². The number of pyridine rings is 1. The van der Waals surface area contributed by atoms with Crippen molar-refractivity contribution in [2.45, 2.75) is 32.4 Å². The zero-order valence-electron chi connectivity index (χ0n) is 15.2. The number of nitrogens with zero attached hydrogens (tertiary/aromatic N) is 3. The molecule has 0 bridgehead atoms. The molecule has 0 radical (unpaired) electrons. The van der Waals surface area contributed by atoms with E-state index in [1.54, 1.807) is 4.90 Å². The van der Waals surface area contributed by atoms with Crippen LogP contribution in [0.2, 0.25) is 0 Å². The number of aromatic nitrogens is 1. The third kappa shape index (κ3) is 3.50. The van der Waals surface area contributed by atoms with Crippen molar-refractivity contribution >= 4 is 5.91 Å². The number of carbonyl (C=O) groups is 1. The highest BCUT2D eigenvalue weighted by Crippen LogP contribution is 2.20. The summed E-state index contributed by atoms with van der Waals surface area (Å²) in [6, 6.07) is 12.2. The Kier molecular flexibility index (Phi) is 4.74. The third-order valence-corrected chi connectivity index (χ3v) is 5.36. The van der Waals surface area contributed by atoms with Gasteiger partial charge in [-0.15, -0.1) is 0 Å². The highest BCUT2D eigenvalue weighted by Gasteiger charge is 2.27. The van der Waals surface area contributed by atoms with Crippen molar-refractivity contribution in [2.75, 3.05) is 26.2 Å². The largest absolute Gasteiger partial charge is 0.390 e. The summed E-state index contributed by atoms with van der Waals surface area (Å²) in [6.45, 7) is 5.36. The molecule has 1 amide bonds. The molecule has 1 aromatic heterocycles. The molecule has 1 aromatic carbocycles. The van der Waals surface area contributed by atoms with E-state index in [0.29, 0.717) is 25.2 Å². The fourth-order valence-corrected chi connectivity index (χ4v) is 4.00. The molecule has 0 fully saturated rings. The van der Waals surface area contributed by atoms with Crippen LogP contribution in [0.4, 0.5) is 0 Å². The summed E-state index contributed by atoms with van der Waals surface area (Å²) in [5.74, 6) is -0.0122. The number of aliphatic hydroxyl groups is 1. The number of fused-ring (bicyclic) bond motifs is 2. The number of rotatable bonds is 4. The predicted molar refractivity (Wildman–Crippen MR) is 100 cm³/mol. The van der Waals surface area contributed by atoms with Crippen LogP contribution in [0.25, 0.3) is 0 Å². The van der Waals surface area contributed by atoms with Gasteiger partial charge in [-0.3, -0.25) is 14.7 Å². The van der Waals surface area contributed by atoms with Crippen molar-refractivity contribution in [3.05, 3.63) is 64.5 Å². The van der Waals surface area contributed by atoms with Gasteiger partial charge in [0.25, 0.3) is 5.91 Å². The average Bonchev–Trinajstić information content (AvgIpc) is 2.64. The van der Waals surface area contributed by atoms with Crippen LogP contribution < -0.4 is 0 Å². The normalized spacial score (nSPS) is 18.4. The highest BCUT2D eigenvalue weighted by atomic mass is 16.3. The molecular formula is C21H25N3O2. The van der Waals surface area contributed by atoms with E-state index >= 15 is 0 Å². The molecule has 0 aliphatic carbocycles. The van der Waals surface area contributed by atoms with Gasteiger partial charge in [0.1, 0.15) is 0 Å². The van der Waals surface area contributed by atoms with Gasteiger partial charge in [-0.1, -0.05) is 24.3 Å². The Balaban J connectivity index is 1.36. The van der Waals surface area contributed by atoms with Crippen LogP contribution in [0.5, 0.6) is 0 Å². The zero-order chi connectivity index (χ0) is 18.1. The Labute approximate surface area is 154 Å². The lowest BCUT2D eigenvalue weighted by Gasteiger charge is -2.33. The van der Waals surface area contributed by atoms with Crippen LogP contribution >= 0.6 is 0 Å². The SMILES string of the molecule is Cc1ccc2c(n1)CCN(C[C@H](O)CN1CCc3ccccc3C1)C2=O. The maximum atomic E-state index is 12.7. The average molecular weight is 351 g/mol. The molecule has 0 spiro atoms. The van der Waals surface area contributed by atoms with Crippen molar-refractivity contribution in [2.24, 2.45) is 0 Å². The van der Waals surface area contributed by atoms with Gasteiger partial charge in [0.2, 0.25) is 0 Å². The fourth-order valence-electron chi connectivity index (χ4n) is 4.00. The summed E-state index contributed by atoms with van der Waals surface area (Å²) in [7, 11) is 0. The second kappa shape index (κ2) is 7.17. The van der Waals surface area contributed by atoms with Crippen LogP contribution in [0.15, 0.2) is 36.4 Å². The summed E-state index contributed by atoms with van der Waals surface area (Å²) in [6.07, 6.45) is 1.24. The standard InChI is InChI=1S/C21H25N3O2/c1-15-6-7-19-20(22-15)9-11-24(21(19)26)14-18(25)13-23-10-8-16-4-2-3-5-17(16)12-23/h2-7,18,25H,8-14H2,1H3/t18-/m1/s1. The number of β-amino-alcohol motifs (C(OH)–C–C–N with tert-alkyl or cyclic N) is 1. The summed E-state index contributed by atoms with van der Waals surface area (Å²) < 4.78 is 0. The van der Waals surface area contributed by atoms with Gasteiger partial charge in [-0.2, -0.15) is 0 Å². The third-order valence-electron chi connectivity index (χ3n) is 5.36. The monoisotopic (exact) mass is 351 g/mol. The Morgan fingerprint density at radius 2 is 1.88 bits per heavy atom. The summed E-state index contributed by atoms with van der Waals surface area (Å²) in [5.41, 5.74) is 5.25. The first-order valence-electron chi connectivity index (χ1n) is 9.33. The minimum atomic E-state index is -0.538. The topological polar surface area (TPSA) is 56.7 Å². The molecule has 2 aromatic rings. The van der Waals surface area contributed by atoms with Gasteiger partial charge in [-0.05, 0) is 36.6 Å². The van der Waals surface area contributed by atoms with Gasteiger partial charge in [-0.25, -0.2) is 0 Å². The van der Waals surface area contributed by atoms with Crippen molar-refractivity contribution in [1.29, 1.82) is 0 Å². The first-order chi connectivity index (χ1) is 12.6. The molecule has 1 atom stereocenters. The van der Waals surface area contributed by atoms with E-state index in [2.05, 4.69) is 34.1 Å². The number of aryl methyl sites for hydroxylation is 1. The number of aliphatic hydroxyl groups excluding tert-OH is 1. The van der Waals surface area contributed by atoms with Gasteiger partial charge in [0.05, 0.1) is 17.4 Å². The predicted octanol–water partition coefficient (Wildman–Crippen LogP) is 1.81. The first kappa shape index (κ1) is 17.2. The summed E-state index contributed by atoms with van der Waals surface area (Å²) in [4.78, 5) is 21.2. The van der Waals surface area contributed by atoms with Crippen LogP contribution in [-0.2, 0) is 19.4 Å². The minimum Gasteiger partial charge on any atom is -0.390 e. The summed E-state index contributed by atoms with van der Waals surface area (Å²) >= 11 is 0. The van der Waals surface area contributed by atoms with E-state index in [4.69, 9.17) is 0 Å². The lowest BCUT2D eigenvalue weighted by Crippen LogP contribution is -2.46. The fraction of sp³-hybridized carbons (Fsp3) is 0.429. The molecule has 136 valence electrons. The minimum absolute atomic E-state index is 0.0122. The lowest BCUT2D eigenvalue weighted by atomic mass is 9.99. The van der Waals surface area contributed by atoms with E-state index < -0.39 is 6.10 Å². The van der Waals surface area contributed by atoms with Gasteiger partial charge >= 0.3 is 0 Å². The molecule has 0 saturated heterocycles. The van der Waals surface area contributed by atoms with Gasteiger partial charge < -0.3 is 10.0 Å². The van der Waals surface area contributed by atoms with Crippen LogP contribution in [-0.4, -0.2) is 58.1 Å². The van der Waals surface area contributed by atoms with E-state index in [1.807, 2.05) is 19.1 Å². The Bertz CT molecular complexity index is 821. The Hall–Kier alpha value is -2.24. The Morgan fingerprint density at radius 1 is 1.08 bits per heavy atom. The maximum absolute atomic E-state index is 12.7. The van der Waals surface area contributed by atoms with Crippen LogP contribution in [0, 0.1) is 6.92 Å². The summed E-state index contributed by atoms with van der Waals surface area (Å²) in [5, 5.41) is 10.6. The lowest BCUT2D eigenvalue weighted by molar-refractivity contribution is 0.0491. The molecule has 0 saturated carbocycles. The zero-order valence-corrected chi connectivity index (χ0v) is 15.2. The molecular weight excluding hydrogens is 326 g/mol. The van der Waals surface area contributed by atoms with Crippen molar-refractivity contribution in [3.63, 3.8) is 0 Å². The first-order valence-corrected chi connectivity index (χ1v) is 9.33. The second-order valence-corrected chi connectivity index (χ2v) is 7.36. The number of benzene rings is 1. The number of amides is 1. The molecule has 2 aliphatic rings. The van der Waals surface area contributed by atoms with Crippen molar-refractivity contribution in [3.8, 4) is 0 Å².